The number of aryl methyl sites for hydroxylation is 2. The monoisotopic (exact) mass is 225 g/mol. The van der Waals surface area contributed by atoms with Crippen molar-refractivity contribution in [2.75, 3.05) is 6.54 Å². The first-order valence-electron chi connectivity index (χ1n) is 5.02. The van der Waals surface area contributed by atoms with Gasteiger partial charge < -0.3 is 5.32 Å². The van der Waals surface area contributed by atoms with E-state index < -0.39 is 0 Å². The first kappa shape index (κ1) is 12.1. The van der Waals surface area contributed by atoms with Gasteiger partial charge in [0.1, 0.15) is 0 Å². The predicted octanol–water partition coefficient (Wildman–Crippen LogP) is 1.98. The Balaban J connectivity index is 2.69. The summed E-state index contributed by atoms with van der Waals surface area (Å²) in [5.74, 6) is 5.78. The molecule has 1 rings (SSSR count). The number of hydrogen-bond acceptors (Lipinski definition) is 2. The van der Waals surface area contributed by atoms with Gasteiger partial charge in [0, 0.05) is 13.1 Å². The average Bonchev–Trinajstić information content (AvgIpc) is 2.51. The lowest BCUT2D eigenvalue weighted by Gasteiger charge is -2.04. The number of nitrogens with zero attached hydrogens (tertiary/aromatic N) is 2. The van der Waals surface area contributed by atoms with Crippen molar-refractivity contribution in [1.29, 1.82) is 0 Å². The fourth-order valence-corrected chi connectivity index (χ4v) is 1.57. The van der Waals surface area contributed by atoms with Gasteiger partial charge in [-0.3, -0.25) is 4.68 Å². The molecule has 0 aliphatic heterocycles. The van der Waals surface area contributed by atoms with Crippen LogP contribution < -0.4 is 5.32 Å². The topological polar surface area (TPSA) is 29.9 Å². The summed E-state index contributed by atoms with van der Waals surface area (Å²) in [6, 6.07) is 0. The summed E-state index contributed by atoms with van der Waals surface area (Å²) in [4.78, 5) is 0. The van der Waals surface area contributed by atoms with Crippen molar-refractivity contribution in [1.82, 2.24) is 15.1 Å². The highest BCUT2D eigenvalue weighted by molar-refractivity contribution is 6.31. The van der Waals surface area contributed by atoms with Gasteiger partial charge in [-0.15, -0.1) is 5.92 Å². The van der Waals surface area contributed by atoms with E-state index in [0.717, 1.165) is 23.0 Å². The lowest BCUT2D eigenvalue weighted by atomic mass is 10.3. The van der Waals surface area contributed by atoms with Crippen molar-refractivity contribution < 1.29 is 0 Å². The van der Waals surface area contributed by atoms with Gasteiger partial charge in [-0.2, -0.15) is 5.10 Å². The SMILES string of the molecule is CC#CCNCc1c(Cl)c(C)nn1CC. The molecule has 15 heavy (non-hydrogen) atoms. The van der Waals surface area contributed by atoms with Gasteiger partial charge in [-0.1, -0.05) is 17.5 Å². The zero-order chi connectivity index (χ0) is 11.3. The van der Waals surface area contributed by atoms with Crippen LogP contribution in [0.5, 0.6) is 0 Å². The fraction of sp³-hybridized carbons (Fsp3) is 0.545. The Morgan fingerprint density at radius 3 is 2.87 bits per heavy atom. The molecule has 4 heteroatoms. The number of rotatable bonds is 4. The van der Waals surface area contributed by atoms with Crippen LogP contribution in [0.2, 0.25) is 5.02 Å². The van der Waals surface area contributed by atoms with Crippen LogP contribution in [0.3, 0.4) is 0 Å². The number of aromatic nitrogens is 2. The highest BCUT2D eigenvalue weighted by Crippen LogP contribution is 2.19. The Morgan fingerprint density at radius 2 is 2.27 bits per heavy atom. The van der Waals surface area contributed by atoms with Crippen LogP contribution in [0.1, 0.15) is 25.2 Å². The van der Waals surface area contributed by atoms with Crippen molar-refractivity contribution >= 4 is 11.6 Å². The van der Waals surface area contributed by atoms with Gasteiger partial charge in [-0.25, -0.2) is 0 Å². The molecule has 3 nitrogen and oxygen atoms in total. The maximum absolute atomic E-state index is 6.15. The van der Waals surface area contributed by atoms with Crippen molar-refractivity contribution in [3.05, 3.63) is 16.4 Å². The van der Waals surface area contributed by atoms with Crippen LogP contribution in [0, 0.1) is 18.8 Å². The Labute approximate surface area is 95.8 Å². The first-order chi connectivity index (χ1) is 7.20. The van der Waals surface area contributed by atoms with E-state index in [1.165, 1.54) is 0 Å². The molecule has 1 heterocycles. The standard InChI is InChI=1S/C11H16ClN3/c1-4-6-7-13-8-10-11(12)9(3)14-15(10)5-2/h13H,5,7-8H2,1-3H3. The Bertz CT molecular complexity index is 385. The van der Waals surface area contributed by atoms with Crippen LogP contribution in [0.25, 0.3) is 0 Å². The molecule has 0 saturated carbocycles. The molecule has 0 bridgehead atoms. The maximum atomic E-state index is 6.15. The molecule has 82 valence electrons. The van der Waals surface area contributed by atoms with Crippen molar-refractivity contribution in [3.63, 3.8) is 0 Å². The first-order valence-corrected chi connectivity index (χ1v) is 5.40. The lowest BCUT2D eigenvalue weighted by Crippen LogP contribution is -2.17. The Kier molecular flexibility index (Phi) is 4.67. The van der Waals surface area contributed by atoms with E-state index in [1.807, 2.05) is 18.5 Å². The van der Waals surface area contributed by atoms with E-state index in [1.54, 1.807) is 0 Å². The molecule has 1 aromatic heterocycles. The van der Waals surface area contributed by atoms with E-state index >= 15 is 0 Å². The zero-order valence-corrected chi connectivity index (χ0v) is 10.1. The Morgan fingerprint density at radius 1 is 1.53 bits per heavy atom. The normalized spacial score (nSPS) is 9.87. The van der Waals surface area contributed by atoms with Gasteiger partial charge in [0.05, 0.1) is 23.0 Å². The van der Waals surface area contributed by atoms with E-state index in [2.05, 4.69) is 29.2 Å². The van der Waals surface area contributed by atoms with Crippen molar-refractivity contribution in [2.45, 2.75) is 33.9 Å². The quantitative estimate of drug-likeness (QED) is 0.627. The highest BCUT2D eigenvalue weighted by Gasteiger charge is 2.11. The largest absolute Gasteiger partial charge is 0.300 e. The summed E-state index contributed by atoms with van der Waals surface area (Å²) in [5.41, 5.74) is 1.92. The second-order valence-electron chi connectivity index (χ2n) is 3.19. The molecule has 0 spiro atoms. The average molecular weight is 226 g/mol. The molecular weight excluding hydrogens is 210 g/mol. The van der Waals surface area contributed by atoms with Gasteiger partial charge in [0.25, 0.3) is 0 Å². The van der Waals surface area contributed by atoms with Gasteiger partial charge in [0.2, 0.25) is 0 Å². The molecule has 0 atom stereocenters. The van der Waals surface area contributed by atoms with Crippen molar-refractivity contribution in [2.24, 2.45) is 0 Å². The van der Waals surface area contributed by atoms with Gasteiger partial charge in [0.15, 0.2) is 0 Å². The third kappa shape index (κ3) is 2.98. The second kappa shape index (κ2) is 5.79. The smallest absolute Gasteiger partial charge is 0.0860 e. The predicted molar refractivity (Wildman–Crippen MR) is 62.8 cm³/mol. The van der Waals surface area contributed by atoms with Crippen LogP contribution in [-0.4, -0.2) is 16.3 Å². The molecule has 1 N–H and O–H groups in total. The highest BCUT2D eigenvalue weighted by atomic mass is 35.5. The molecule has 0 aliphatic rings. The minimum atomic E-state index is 0.681. The molecule has 1 aromatic rings. The van der Waals surface area contributed by atoms with Gasteiger partial charge in [-0.05, 0) is 20.8 Å². The van der Waals surface area contributed by atoms with E-state index in [4.69, 9.17) is 11.6 Å². The number of halogens is 1. The summed E-state index contributed by atoms with van der Waals surface area (Å²) >= 11 is 6.15. The maximum Gasteiger partial charge on any atom is 0.0860 e. The number of nitrogens with one attached hydrogen (secondary N) is 1. The third-order valence-corrected chi connectivity index (χ3v) is 2.63. The summed E-state index contributed by atoms with van der Waals surface area (Å²) in [5, 5.41) is 8.31. The summed E-state index contributed by atoms with van der Waals surface area (Å²) in [6.45, 7) is 8.03. The van der Waals surface area contributed by atoms with E-state index in [9.17, 15) is 0 Å². The minimum Gasteiger partial charge on any atom is -0.300 e. The van der Waals surface area contributed by atoms with Crippen LogP contribution in [0.15, 0.2) is 0 Å². The lowest BCUT2D eigenvalue weighted by molar-refractivity contribution is 0.594. The van der Waals surface area contributed by atoms with Crippen LogP contribution in [-0.2, 0) is 13.1 Å². The molecule has 0 radical (unpaired) electrons. The Hall–Kier alpha value is -0.980. The summed E-state index contributed by atoms with van der Waals surface area (Å²) in [7, 11) is 0. The second-order valence-corrected chi connectivity index (χ2v) is 3.57. The van der Waals surface area contributed by atoms with E-state index in [-0.39, 0.29) is 0 Å². The molecule has 0 unspecified atom stereocenters. The molecule has 0 aromatic carbocycles. The summed E-state index contributed by atoms with van der Waals surface area (Å²) in [6.07, 6.45) is 0. The minimum absolute atomic E-state index is 0.681. The van der Waals surface area contributed by atoms with Crippen molar-refractivity contribution in [3.8, 4) is 11.8 Å². The third-order valence-electron chi connectivity index (χ3n) is 2.14. The van der Waals surface area contributed by atoms with Crippen LogP contribution in [0.4, 0.5) is 0 Å². The zero-order valence-electron chi connectivity index (χ0n) is 9.39. The molecule has 0 saturated heterocycles. The molecule has 0 amide bonds. The fourth-order valence-electron chi connectivity index (χ4n) is 1.37. The molecule has 0 aliphatic carbocycles. The summed E-state index contributed by atoms with van der Waals surface area (Å²) < 4.78 is 1.92. The molecular formula is C11H16ClN3. The van der Waals surface area contributed by atoms with Crippen LogP contribution >= 0.6 is 11.6 Å². The molecule has 0 fully saturated rings. The van der Waals surface area contributed by atoms with Gasteiger partial charge >= 0.3 is 0 Å². The number of hydrogen-bond donors (Lipinski definition) is 1. The van der Waals surface area contributed by atoms with E-state index in [0.29, 0.717) is 13.1 Å².